The predicted octanol–water partition coefficient (Wildman–Crippen LogP) is 2.46. The summed E-state index contributed by atoms with van der Waals surface area (Å²) < 4.78 is 0. The van der Waals surface area contributed by atoms with Crippen molar-refractivity contribution in [2.75, 3.05) is 6.54 Å². The van der Waals surface area contributed by atoms with E-state index in [1.807, 2.05) is 17.2 Å². The second-order valence-electron chi connectivity index (χ2n) is 4.18. The molecule has 12 heavy (non-hydrogen) atoms. The summed E-state index contributed by atoms with van der Waals surface area (Å²) >= 11 is 5.97. The second-order valence-corrected chi connectivity index (χ2v) is 4.57. The quantitative estimate of drug-likeness (QED) is 0.454. The normalized spacial score (nSPS) is 23.3. The molecule has 0 aromatic carbocycles. The van der Waals surface area contributed by atoms with Crippen molar-refractivity contribution >= 4 is 17.8 Å². The molecule has 0 aliphatic carbocycles. The van der Waals surface area contributed by atoms with Crippen LogP contribution in [0.3, 0.4) is 0 Å². The number of rotatable bonds is 1. The zero-order valence-corrected chi connectivity index (χ0v) is 8.54. The van der Waals surface area contributed by atoms with Gasteiger partial charge in [0.15, 0.2) is 5.62 Å². The molecular formula is C9H15ClN2. The number of halogens is 1. The van der Waals surface area contributed by atoms with Crippen molar-refractivity contribution in [2.24, 2.45) is 10.4 Å². The fourth-order valence-electron chi connectivity index (χ4n) is 1.10. The van der Waals surface area contributed by atoms with Gasteiger partial charge in [-0.15, -0.1) is 0 Å². The molecule has 1 atom stereocenters. The number of allylic oxidation sites excluding steroid dienone is 1. The summed E-state index contributed by atoms with van der Waals surface area (Å²) in [6.45, 7) is 7.48. The Morgan fingerprint density at radius 1 is 1.50 bits per heavy atom. The second kappa shape index (κ2) is 3.48. The SMILES string of the molecule is CC(C)(C)CN1C=CC=NC1Cl. The molecule has 1 heterocycles. The smallest absolute Gasteiger partial charge is 0.197 e. The lowest BCUT2D eigenvalue weighted by Gasteiger charge is -2.31. The molecule has 68 valence electrons. The third-order valence-electron chi connectivity index (χ3n) is 1.50. The van der Waals surface area contributed by atoms with Gasteiger partial charge in [-0.05, 0) is 11.5 Å². The first-order valence-corrected chi connectivity index (χ1v) is 4.52. The molecule has 0 bridgehead atoms. The van der Waals surface area contributed by atoms with E-state index < -0.39 is 0 Å². The number of hydrogen-bond acceptors (Lipinski definition) is 2. The Kier molecular flexibility index (Phi) is 2.78. The van der Waals surface area contributed by atoms with Crippen LogP contribution in [0, 0.1) is 5.41 Å². The van der Waals surface area contributed by atoms with Gasteiger partial charge in [0.05, 0.1) is 0 Å². The van der Waals surface area contributed by atoms with Crippen molar-refractivity contribution in [3.8, 4) is 0 Å². The molecule has 0 saturated heterocycles. The van der Waals surface area contributed by atoms with Crippen molar-refractivity contribution in [1.82, 2.24) is 4.90 Å². The molecule has 1 aliphatic heterocycles. The average molecular weight is 187 g/mol. The molecule has 0 aromatic heterocycles. The van der Waals surface area contributed by atoms with Crippen molar-refractivity contribution in [3.05, 3.63) is 12.3 Å². The van der Waals surface area contributed by atoms with Crippen LogP contribution in [0.5, 0.6) is 0 Å². The highest BCUT2D eigenvalue weighted by molar-refractivity contribution is 6.20. The van der Waals surface area contributed by atoms with E-state index in [9.17, 15) is 0 Å². The van der Waals surface area contributed by atoms with Crippen molar-refractivity contribution in [3.63, 3.8) is 0 Å². The van der Waals surface area contributed by atoms with Gasteiger partial charge in [-0.1, -0.05) is 32.4 Å². The van der Waals surface area contributed by atoms with E-state index in [1.54, 1.807) is 6.21 Å². The summed E-state index contributed by atoms with van der Waals surface area (Å²) in [6, 6.07) is 0. The van der Waals surface area contributed by atoms with E-state index in [-0.39, 0.29) is 11.0 Å². The molecule has 0 spiro atoms. The zero-order valence-electron chi connectivity index (χ0n) is 7.79. The molecular weight excluding hydrogens is 172 g/mol. The van der Waals surface area contributed by atoms with Crippen molar-refractivity contribution in [2.45, 2.75) is 26.4 Å². The third kappa shape index (κ3) is 2.86. The Morgan fingerprint density at radius 2 is 2.17 bits per heavy atom. The van der Waals surface area contributed by atoms with Crippen molar-refractivity contribution in [1.29, 1.82) is 0 Å². The number of nitrogens with zero attached hydrogens (tertiary/aromatic N) is 2. The largest absolute Gasteiger partial charge is 0.343 e. The van der Waals surface area contributed by atoms with Gasteiger partial charge in [0.2, 0.25) is 0 Å². The minimum atomic E-state index is -0.228. The first-order valence-electron chi connectivity index (χ1n) is 4.09. The van der Waals surface area contributed by atoms with E-state index in [2.05, 4.69) is 25.8 Å². The molecule has 1 unspecified atom stereocenters. The minimum absolute atomic E-state index is 0.228. The molecule has 0 aromatic rings. The fourth-order valence-corrected chi connectivity index (χ4v) is 1.30. The molecule has 0 fully saturated rings. The summed E-state index contributed by atoms with van der Waals surface area (Å²) in [4.78, 5) is 6.10. The van der Waals surface area contributed by atoms with Gasteiger partial charge < -0.3 is 4.90 Å². The van der Waals surface area contributed by atoms with Crippen LogP contribution in [-0.2, 0) is 0 Å². The van der Waals surface area contributed by atoms with Gasteiger partial charge in [0.1, 0.15) is 0 Å². The molecule has 0 N–H and O–H groups in total. The van der Waals surface area contributed by atoms with Gasteiger partial charge in [-0.2, -0.15) is 0 Å². The van der Waals surface area contributed by atoms with Crippen molar-refractivity contribution < 1.29 is 0 Å². The van der Waals surface area contributed by atoms with Crippen LogP contribution in [0.4, 0.5) is 0 Å². The lowest BCUT2D eigenvalue weighted by atomic mass is 9.96. The van der Waals surface area contributed by atoms with Gasteiger partial charge in [0, 0.05) is 19.0 Å². The molecule has 0 radical (unpaired) electrons. The number of hydrogen-bond donors (Lipinski definition) is 0. The van der Waals surface area contributed by atoms with Gasteiger partial charge in [-0.3, -0.25) is 4.99 Å². The highest BCUT2D eigenvalue weighted by atomic mass is 35.5. The van der Waals surface area contributed by atoms with Crippen LogP contribution in [0.1, 0.15) is 20.8 Å². The van der Waals surface area contributed by atoms with Gasteiger partial charge in [0.25, 0.3) is 0 Å². The summed E-state index contributed by atoms with van der Waals surface area (Å²) in [5.74, 6) is 0. The summed E-state index contributed by atoms with van der Waals surface area (Å²) in [5.41, 5.74) is 0.0267. The first kappa shape index (κ1) is 9.59. The van der Waals surface area contributed by atoms with E-state index >= 15 is 0 Å². The van der Waals surface area contributed by atoms with Crippen LogP contribution in [-0.4, -0.2) is 23.3 Å². The Labute approximate surface area is 78.9 Å². The maximum absolute atomic E-state index is 5.97. The molecule has 0 saturated carbocycles. The monoisotopic (exact) mass is 186 g/mol. The fraction of sp³-hybridized carbons (Fsp3) is 0.667. The maximum atomic E-state index is 5.97. The van der Waals surface area contributed by atoms with Crippen LogP contribution in [0.15, 0.2) is 17.3 Å². The van der Waals surface area contributed by atoms with E-state index in [4.69, 9.17) is 11.6 Å². The molecule has 2 nitrogen and oxygen atoms in total. The topological polar surface area (TPSA) is 15.6 Å². The predicted molar refractivity (Wildman–Crippen MR) is 53.4 cm³/mol. The average Bonchev–Trinajstić information content (AvgIpc) is 1.91. The lowest BCUT2D eigenvalue weighted by molar-refractivity contribution is 0.238. The van der Waals surface area contributed by atoms with Crippen LogP contribution in [0.2, 0.25) is 0 Å². The lowest BCUT2D eigenvalue weighted by Crippen LogP contribution is -2.34. The highest BCUT2D eigenvalue weighted by Gasteiger charge is 2.19. The standard InChI is InChI=1S/C9H15ClN2/c1-9(2,3)7-12-6-4-5-11-8(12)10/h4-6,8H,7H2,1-3H3. The van der Waals surface area contributed by atoms with E-state index in [1.165, 1.54) is 0 Å². The molecule has 3 heteroatoms. The maximum Gasteiger partial charge on any atom is 0.197 e. The Bertz CT molecular complexity index is 203. The van der Waals surface area contributed by atoms with E-state index in [0.29, 0.717) is 0 Å². The van der Waals surface area contributed by atoms with Crippen LogP contribution < -0.4 is 0 Å². The molecule has 0 amide bonds. The van der Waals surface area contributed by atoms with E-state index in [0.717, 1.165) is 6.54 Å². The summed E-state index contributed by atoms with van der Waals surface area (Å²) in [6.07, 6.45) is 5.62. The Hall–Kier alpha value is -0.500. The van der Waals surface area contributed by atoms with Crippen LogP contribution >= 0.6 is 11.6 Å². The van der Waals surface area contributed by atoms with Gasteiger partial charge >= 0.3 is 0 Å². The highest BCUT2D eigenvalue weighted by Crippen LogP contribution is 2.20. The van der Waals surface area contributed by atoms with Crippen LogP contribution in [0.25, 0.3) is 0 Å². The number of alkyl halides is 1. The molecule has 1 rings (SSSR count). The van der Waals surface area contributed by atoms with Gasteiger partial charge in [-0.25, -0.2) is 0 Å². The molecule has 1 aliphatic rings. The summed E-state index contributed by atoms with van der Waals surface area (Å²) in [7, 11) is 0. The third-order valence-corrected chi connectivity index (χ3v) is 1.87. The Morgan fingerprint density at radius 3 is 2.67 bits per heavy atom. The first-order chi connectivity index (χ1) is 5.49. The Balaban J connectivity index is 2.53. The summed E-state index contributed by atoms with van der Waals surface area (Å²) in [5, 5.41) is 0. The zero-order chi connectivity index (χ0) is 9.19. The minimum Gasteiger partial charge on any atom is -0.343 e. The number of aliphatic imine (C=N–C) groups is 1.